The predicted octanol–water partition coefficient (Wildman–Crippen LogP) is 1.69. The average molecular weight is 396 g/mol. The summed E-state index contributed by atoms with van der Waals surface area (Å²) in [5.74, 6) is 1.04. The first-order valence-electron chi connectivity index (χ1n) is 9.88. The quantitative estimate of drug-likeness (QED) is 0.517. The van der Waals surface area contributed by atoms with Crippen molar-refractivity contribution in [2.45, 2.75) is 52.5 Å². The van der Waals surface area contributed by atoms with Gasteiger partial charge < -0.3 is 10.6 Å². The molecule has 0 aromatic carbocycles. The normalized spacial score (nSPS) is 17.1. The van der Waals surface area contributed by atoms with Crippen LogP contribution in [0.2, 0.25) is 0 Å². The molecule has 0 radical (unpaired) electrons. The van der Waals surface area contributed by atoms with Crippen LogP contribution in [0.3, 0.4) is 0 Å². The molecular weight excluding hydrogens is 362 g/mol. The van der Waals surface area contributed by atoms with Gasteiger partial charge in [0.1, 0.15) is 0 Å². The Balaban J connectivity index is 1.84. The molecule has 1 aromatic heterocycles. The van der Waals surface area contributed by atoms with E-state index < -0.39 is 10.0 Å². The lowest BCUT2D eigenvalue weighted by Crippen LogP contribution is -2.50. The molecule has 152 valence electrons. The summed E-state index contributed by atoms with van der Waals surface area (Å²) >= 11 is 0. The molecule has 0 saturated carbocycles. The summed E-state index contributed by atoms with van der Waals surface area (Å²) in [5.41, 5.74) is 2.19. The van der Waals surface area contributed by atoms with Crippen molar-refractivity contribution in [3.8, 4) is 0 Å². The Kier molecular flexibility index (Phi) is 8.50. The second-order valence-corrected chi connectivity index (χ2v) is 9.04. The molecule has 1 aromatic rings. The molecule has 2 rings (SSSR count). The third-order valence-electron chi connectivity index (χ3n) is 4.64. The van der Waals surface area contributed by atoms with E-state index in [4.69, 9.17) is 0 Å². The van der Waals surface area contributed by atoms with Crippen LogP contribution in [-0.2, 0) is 16.4 Å². The number of sulfonamides is 1. The summed E-state index contributed by atoms with van der Waals surface area (Å²) in [6.45, 7) is 8.56. The first kappa shape index (κ1) is 21.6. The minimum Gasteiger partial charge on any atom is -0.357 e. The number of aryl methyl sites for hydroxylation is 1. The van der Waals surface area contributed by atoms with Gasteiger partial charge in [0.2, 0.25) is 10.0 Å². The second-order valence-electron chi connectivity index (χ2n) is 6.95. The van der Waals surface area contributed by atoms with Crippen molar-refractivity contribution in [3.63, 3.8) is 0 Å². The third kappa shape index (κ3) is 7.10. The van der Waals surface area contributed by atoms with E-state index in [-0.39, 0.29) is 11.8 Å². The highest BCUT2D eigenvalue weighted by atomic mass is 32.2. The first-order valence-corrected chi connectivity index (χ1v) is 11.5. The highest BCUT2D eigenvalue weighted by Gasteiger charge is 2.27. The van der Waals surface area contributed by atoms with E-state index in [1.165, 1.54) is 5.56 Å². The van der Waals surface area contributed by atoms with E-state index >= 15 is 0 Å². The SMILES string of the molecule is CCCS(=O)(=O)N1CCC(NC(=NCCc2ccc(C)nc2)NCC)CC1. The topological polar surface area (TPSA) is 86.7 Å². The molecule has 2 N–H and O–H groups in total. The Hall–Kier alpha value is -1.67. The third-order valence-corrected chi connectivity index (χ3v) is 6.71. The van der Waals surface area contributed by atoms with Crippen LogP contribution >= 0.6 is 0 Å². The van der Waals surface area contributed by atoms with E-state index in [9.17, 15) is 8.42 Å². The molecule has 1 aliphatic heterocycles. The van der Waals surface area contributed by atoms with Crippen molar-refractivity contribution in [2.24, 2.45) is 4.99 Å². The zero-order chi connectivity index (χ0) is 19.7. The summed E-state index contributed by atoms with van der Waals surface area (Å²) in [7, 11) is -3.09. The number of nitrogens with zero attached hydrogens (tertiary/aromatic N) is 3. The average Bonchev–Trinajstić information content (AvgIpc) is 2.64. The van der Waals surface area contributed by atoms with E-state index in [1.54, 1.807) is 4.31 Å². The molecule has 27 heavy (non-hydrogen) atoms. The molecule has 0 amide bonds. The van der Waals surface area contributed by atoms with E-state index in [0.717, 1.165) is 37.5 Å². The van der Waals surface area contributed by atoms with Gasteiger partial charge in [0.15, 0.2) is 5.96 Å². The molecule has 0 atom stereocenters. The standard InChI is InChI=1S/C19H33N5O2S/c1-4-14-27(25,26)24-12-9-18(10-13-24)23-19(20-5-2)21-11-8-17-7-6-16(3)22-15-17/h6-7,15,18H,4-5,8-14H2,1-3H3,(H2,20,21,23). The van der Waals surface area contributed by atoms with E-state index in [0.29, 0.717) is 26.1 Å². The number of hydrogen-bond donors (Lipinski definition) is 2. The minimum absolute atomic E-state index is 0.239. The number of piperidine rings is 1. The lowest BCUT2D eigenvalue weighted by atomic mass is 10.1. The second kappa shape index (κ2) is 10.6. The van der Waals surface area contributed by atoms with Gasteiger partial charge in [-0.1, -0.05) is 13.0 Å². The van der Waals surface area contributed by atoms with Gasteiger partial charge in [-0.2, -0.15) is 0 Å². The molecule has 0 spiro atoms. The highest BCUT2D eigenvalue weighted by Crippen LogP contribution is 2.15. The number of aliphatic imine (C=N–C) groups is 1. The van der Waals surface area contributed by atoms with Crippen LogP contribution in [0, 0.1) is 6.92 Å². The molecule has 0 aliphatic carbocycles. The Labute approximate surface area is 163 Å². The fourth-order valence-corrected chi connectivity index (χ4v) is 4.66. The predicted molar refractivity (Wildman–Crippen MR) is 110 cm³/mol. The van der Waals surface area contributed by atoms with Gasteiger partial charge in [-0.3, -0.25) is 9.98 Å². The molecule has 0 unspecified atom stereocenters. The zero-order valence-electron chi connectivity index (χ0n) is 16.7. The van der Waals surface area contributed by atoms with Crippen LogP contribution in [0.5, 0.6) is 0 Å². The molecular formula is C19H33N5O2S. The van der Waals surface area contributed by atoms with Gasteiger partial charge in [-0.05, 0) is 51.2 Å². The molecule has 1 aliphatic rings. The number of aromatic nitrogens is 1. The lowest BCUT2D eigenvalue weighted by Gasteiger charge is -2.32. The minimum atomic E-state index is -3.09. The highest BCUT2D eigenvalue weighted by molar-refractivity contribution is 7.89. The Bertz CT molecular complexity index is 695. The van der Waals surface area contributed by atoms with Crippen molar-refractivity contribution < 1.29 is 8.42 Å². The van der Waals surface area contributed by atoms with Crippen LogP contribution in [0.4, 0.5) is 0 Å². The molecule has 7 nitrogen and oxygen atoms in total. The van der Waals surface area contributed by atoms with Gasteiger partial charge in [-0.15, -0.1) is 0 Å². The maximum atomic E-state index is 12.2. The number of pyridine rings is 1. The van der Waals surface area contributed by atoms with Crippen LogP contribution < -0.4 is 10.6 Å². The molecule has 2 heterocycles. The number of hydrogen-bond acceptors (Lipinski definition) is 4. The van der Waals surface area contributed by atoms with Crippen LogP contribution in [0.15, 0.2) is 23.3 Å². The Morgan fingerprint density at radius 2 is 2.04 bits per heavy atom. The first-order chi connectivity index (χ1) is 12.9. The van der Waals surface area contributed by atoms with Crippen molar-refractivity contribution >= 4 is 16.0 Å². The van der Waals surface area contributed by atoms with Gasteiger partial charge in [-0.25, -0.2) is 12.7 Å². The lowest BCUT2D eigenvalue weighted by molar-refractivity contribution is 0.306. The van der Waals surface area contributed by atoms with Crippen molar-refractivity contribution in [2.75, 3.05) is 31.9 Å². The molecule has 1 fully saturated rings. The largest absolute Gasteiger partial charge is 0.357 e. The monoisotopic (exact) mass is 395 g/mol. The van der Waals surface area contributed by atoms with Crippen molar-refractivity contribution in [3.05, 3.63) is 29.6 Å². The summed E-state index contributed by atoms with van der Waals surface area (Å²) < 4.78 is 26.0. The maximum Gasteiger partial charge on any atom is 0.214 e. The molecule has 1 saturated heterocycles. The van der Waals surface area contributed by atoms with E-state index in [2.05, 4.69) is 26.7 Å². The summed E-state index contributed by atoms with van der Waals surface area (Å²) in [5, 5.41) is 6.74. The number of rotatable bonds is 8. The number of guanidine groups is 1. The van der Waals surface area contributed by atoms with Crippen molar-refractivity contribution in [1.29, 1.82) is 0 Å². The summed E-state index contributed by atoms with van der Waals surface area (Å²) in [6.07, 6.45) is 5.01. The van der Waals surface area contributed by atoms with E-state index in [1.807, 2.05) is 33.0 Å². The Morgan fingerprint density at radius 3 is 2.63 bits per heavy atom. The van der Waals surface area contributed by atoms with Crippen molar-refractivity contribution in [1.82, 2.24) is 19.9 Å². The van der Waals surface area contributed by atoms with Gasteiger partial charge >= 0.3 is 0 Å². The fraction of sp³-hybridized carbons (Fsp3) is 0.684. The summed E-state index contributed by atoms with van der Waals surface area (Å²) in [6, 6.07) is 4.35. The molecule has 8 heteroatoms. The fourth-order valence-electron chi connectivity index (χ4n) is 3.12. The molecule has 0 bridgehead atoms. The summed E-state index contributed by atoms with van der Waals surface area (Å²) in [4.78, 5) is 8.97. The van der Waals surface area contributed by atoms with Gasteiger partial charge in [0.25, 0.3) is 0 Å². The smallest absolute Gasteiger partial charge is 0.214 e. The van der Waals surface area contributed by atoms with Crippen LogP contribution in [0.1, 0.15) is 44.4 Å². The van der Waals surface area contributed by atoms with Gasteiger partial charge in [0, 0.05) is 44.1 Å². The van der Waals surface area contributed by atoms with Crippen LogP contribution in [0.25, 0.3) is 0 Å². The van der Waals surface area contributed by atoms with Gasteiger partial charge in [0.05, 0.1) is 5.75 Å². The number of nitrogens with one attached hydrogen (secondary N) is 2. The Morgan fingerprint density at radius 1 is 1.30 bits per heavy atom. The maximum absolute atomic E-state index is 12.2. The zero-order valence-corrected chi connectivity index (χ0v) is 17.6. The van der Waals surface area contributed by atoms with Crippen LogP contribution in [-0.4, -0.2) is 61.6 Å².